The van der Waals surface area contributed by atoms with E-state index in [-0.39, 0.29) is 11.3 Å². The van der Waals surface area contributed by atoms with E-state index in [1.165, 1.54) is 0 Å². The van der Waals surface area contributed by atoms with Gasteiger partial charge in [-0.25, -0.2) is 0 Å². The highest BCUT2D eigenvalue weighted by Crippen LogP contribution is 2.39. The zero-order valence-electron chi connectivity index (χ0n) is 16.5. The van der Waals surface area contributed by atoms with Gasteiger partial charge in [0.2, 0.25) is 0 Å². The van der Waals surface area contributed by atoms with Gasteiger partial charge in [0, 0.05) is 21.6 Å². The van der Waals surface area contributed by atoms with Crippen LogP contribution in [0.1, 0.15) is 22.7 Å². The first kappa shape index (κ1) is 21.3. The van der Waals surface area contributed by atoms with E-state index in [4.69, 9.17) is 11.6 Å². The molecule has 1 unspecified atom stereocenters. The summed E-state index contributed by atoms with van der Waals surface area (Å²) in [5.41, 5.74) is 2.35. The first-order valence-corrected chi connectivity index (χ1v) is 11.0. The standard InChI is InChI=1S/C25H19BrClNO3/c26-19-10-6-17(7-11-19)22-21(23(29)18-8-12-20(27)13-9-18)24(30)25(31)28(22)15-14-16-4-2-1-3-5-16/h1-13,22,29H,14-15H2. The maximum absolute atomic E-state index is 13.0. The van der Waals surface area contributed by atoms with Crippen molar-refractivity contribution in [2.75, 3.05) is 6.54 Å². The summed E-state index contributed by atoms with van der Waals surface area (Å²) >= 11 is 9.38. The second kappa shape index (κ2) is 9.08. The first-order chi connectivity index (χ1) is 15.0. The molecule has 1 fully saturated rings. The molecule has 0 spiro atoms. The van der Waals surface area contributed by atoms with Crippen LogP contribution in [0, 0.1) is 0 Å². The van der Waals surface area contributed by atoms with Gasteiger partial charge in [-0.05, 0) is 53.9 Å². The molecular formula is C25H19BrClNO3. The maximum Gasteiger partial charge on any atom is 0.295 e. The Hall–Kier alpha value is -2.89. The van der Waals surface area contributed by atoms with Crippen molar-refractivity contribution < 1.29 is 14.7 Å². The fourth-order valence-corrected chi connectivity index (χ4v) is 4.15. The Morgan fingerprint density at radius 1 is 0.935 bits per heavy atom. The van der Waals surface area contributed by atoms with Crippen molar-refractivity contribution in [1.29, 1.82) is 0 Å². The number of benzene rings is 3. The molecule has 1 saturated heterocycles. The number of hydrogen-bond acceptors (Lipinski definition) is 3. The van der Waals surface area contributed by atoms with Crippen molar-refractivity contribution in [3.05, 3.63) is 111 Å². The predicted octanol–water partition coefficient (Wildman–Crippen LogP) is 5.77. The van der Waals surface area contributed by atoms with Crippen LogP contribution >= 0.6 is 27.5 Å². The molecular weight excluding hydrogens is 478 g/mol. The Bertz CT molecular complexity index is 1140. The maximum atomic E-state index is 13.0. The van der Waals surface area contributed by atoms with E-state index in [0.29, 0.717) is 23.6 Å². The molecule has 0 radical (unpaired) electrons. The molecule has 0 saturated carbocycles. The molecule has 1 aliphatic heterocycles. The predicted molar refractivity (Wildman–Crippen MR) is 125 cm³/mol. The van der Waals surface area contributed by atoms with Crippen LogP contribution in [0.5, 0.6) is 0 Å². The summed E-state index contributed by atoms with van der Waals surface area (Å²) in [5, 5.41) is 11.5. The summed E-state index contributed by atoms with van der Waals surface area (Å²) in [6.07, 6.45) is 0.599. The van der Waals surface area contributed by atoms with Crippen LogP contribution in [0.25, 0.3) is 5.76 Å². The van der Waals surface area contributed by atoms with Crippen LogP contribution in [0.3, 0.4) is 0 Å². The van der Waals surface area contributed by atoms with Crippen molar-refractivity contribution in [1.82, 2.24) is 4.90 Å². The Kier molecular flexibility index (Phi) is 6.25. The number of hydrogen-bond donors (Lipinski definition) is 1. The monoisotopic (exact) mass is 495 g/mol. The molecule has 0 aliphatic carbocycles. The molecule has 1 atom stereocenters. The number of nitrogens with zero attached hydrogens (tertiary/aromatic N) is 1. The summed E-state index contributed by atoms with van der Waals surface area (Å²) in [6.45, 7) is 0.354. The number of rotatable bonds is 5. The number of aliphatic hydroxyl groups is 1. The van der Waals surface area contributed by atoms with Gasteiger partial charge in [-0.1, -0.05) is 70.0 Å². The van der Waals surface area contributed by atoms with Gasteiger partial charge in [-0.15, -0.1) is 0 Å². The summed E-state index contributed by atoms with van der Waals surface area (Å²) in [7, 11) is 0. The number of carbonyl (C=O) groups is 2. The fraction of sp³-hybridized carbons (Fsp3) is 0.120. The number of Topliss-reactive ketones (excluding diaryl/α,β-unsaturated/α-hetero) is 1. The smallest absolute Gasteiger partial charge is 0.295 e. The van der Waals surface area contributed by atoms with Gasteiger partial charge in [0.15, 0.2) is 0 Å². The first-order valence-electron chi connectivity index (χ1n) is 9.79. The Morgan fingerprint density at radius 2 is 1.58 bits per heavy atom. The largest absolute Gasteiger partial charge is 0.507 e. The van der Waals surface area contributed by atoms with Crippen LogP contribution in [-0.4, -0.2) is 28.2 Å². The summed E-state index contributed by atoms with van der Waals surface area (Å²) in [5.74, 6) is -1.50. The van der Waals surface area contributed by atoms with Crippen LogP contribution in [0.15, 0.2) is 88.9 Å². The molecule has 1 heterocycles. The Balaban J connectivity index is 1.78. The summed E-state index contributed by atoms with van der Waals surface area (Å²) in [4.78, 5) is 27.5. The average molecular weight is 497 g/mol. The Morgan fingerprint density at radius 3 is 2.23 bits per heavy atom. The molecule has 4 rings (SSSR count). The third-order valence-corrected chi connectivity index (χ3v) is 6.11. The van der Waals surface area contributed by atoms with E-state index in [9.17, 15) is 14.7 Å². The lowest BCUT2D eigenvalue weighted by atomic mass is 9.95. The SMILES string of the molecule is O=C1C(=O)N(CCc2ccccc2)C(c2ccc(Br)cc2)C1=C(O)c1ccc(Cl)cc1. The second-order valence-corrected chi connectivity index (χ2v) is 8.64. The lowest BCUT2D eigenvalue weighted by molar-refractivity contribution is -0.139. The molecule has 31 heavy (non-hydrogen) atoms. The lowest BCUT2D eigenvalue weighted by Crippen LogP contribution is -2.31. The highest BCUT2D eigenvalue weighted by atomic mass is 79.9. The number of amides is 1. The number of halogens is 2. The Labute approximate surface area is 193 Å². The molecule has 1 amide bonds. The minimum absolute atomic E-state index is 0.0858. The molecule has 4 nitrogen and oxygen atoms in total. The highest BCUT2D eigenvalue weighted by Gasteiger charge is 2.45. The van der Waals surface area contributed by atoms with Crippen molar-refractivity contribution in [2.45, 2.75) is 12.5 Å². The van der Waals surface area contributed by atoms with Gasteiger partial charge in [0.05, 0.1) is 11.6 Å². The summed E-state index contributed by atoms with van der Waals surface area (Å²) < 4.78 is 0.884. The third-order valence-electron chi connectivity index (χ3n) is 5.33. The van der Waals surface area contributed by atoms with Crippen molar-refractivity contribution >= 4 is 45.0 Å². The van der Waals surface area contributed by atoms with Crippen LogP contribution < -0.4 is 0 Å². The fourth-order valence-electron chi connectivity index (χ4n) is 3.76. The second-order valence-electron chi connectivity index (χ2n) is 7.29. The normalized spacial score (nSPS) is 17.9. The van der Waals surface area contributed by atoms with Gasteiger partial charge >= 0.3 is 0 Å². The average Bonchev–Trinajstić information content (AvgIpc) is 3.04. The summed E-state index contributed by atoms with van der Waals surface area (Å²) in [6, 6.07) is 23.1. The highest BCUT2D eigenvalue weighted by molar-refractivity contribution is 9.10. The van der Waals surface area contributed by atoms with E-state index in [0.717, 1.165) is 15.6 Å². The van der Waals surface area contributed by atoms with Crippen LogP contribution in [-0.2, 0) is 16.0 Å². The van der Waals surface area contributed by atoms with Crippen molar-refractivity contribution in [3.8, 4) is 0 Å². The third kappa shape index (κ3) is 4.43. The molecule has 156 valence electrons. The van der Waals surface area contributed by atoms with E-state index in [1.54, 1.807) is 29.2 Å². The minimum atomic E-state index is -0.687. The van der Waals surface area contributed by atoms with Crippen molar-refractivity contribution in [2.24, 2.45) is 0 Å². The van der Waals surface area contributed by atoms with Gasteiger partial charge in [0.1, 0.15) is 5.76 Å². The molecule has 0 aromatic heterocycles. The number of aliphatic hydroxyl groups excluding tert-OH is 1. The van der Waals surface area contributed by atoms with E-state index >= 15 is 0 Å². The topological polar surface area (TPSA) is 57.6 Å². The molecule has 6 heteroatoms. The number of carbonyl (C=O) groups excluding carboxylic acids is 2. The van der Waals surface area contributed by atoms with Gasteiger partial charge in [-0.3, -0.25) is 9.59 Å². The van der Waals surface area contributed by atoms with E-state index in [2.05, 4.69) is 15.9 Å². The van der Waals surface area contributed by atoms with Gasteiger partial charge in [-0.2, -0.15) is 0 Å². The number of ketones is 1. The molecule has 0 bridgehead atoms. The quantitative estimate of drug-likeness (QED) is 0.277. The number of likely N-dealkylation sites (tertiary alicyclic amines) is 1. The van der Waals surface area contributed by atoms with Gasteiger partial charge in [0.25, 0.3) is 11.7 Å². The van der Waals surface area contributed by atoms with E-state index < -0.39 is 17.7 Å². The molecule has 3 aromatic carbocycles. The van der Waals surface area contributed by atoms with Gasteiger partial charge < -0.3 is 10.0 Å². The zero-order chi connectivity index (χ0) is 22.0. The molecule has 1 aliphatic rings. The lowest BCUT2D eigenvalue weighted by Gasteiger charge is -2.25. The molecule has 1 N–H and O–H groups in total. The van der Waals surface area contributed by atoms with Crippen molar-refractivity contribution in [3.63, 3.8) is 0 Å². The zero-order valence-corrected chi connectivity index (χ0v) is 18.8. The molecule has 3 aromatic rings. The van der Waals surface area contributed by atoms with Crippen LogP contribution in [0.4, 0.5) is 0 Å². The van der Waals surface area contributed by atoms with E-state index in [1.807, 2.05) is 54.6 Å². The minimum Gasteiger partial charge on any atom is -0.507 e. The van der Waals surface area contributed by atoms with Crippen LogP contribution in [0.2, 0.25) is 5.02 Å².